The van der Waals surface area contributed by atoms with Crippen LogP contribution in [0.5, 0.6) is 0 Å². The van der Waals surface area contributed by atoms with Crippen LogP contribution in [0.3, 0.4) is 0 Å². The fourth-order valence-electron chi connectivity index (χ4n) is 1.82. The van der Waals surface area contributed by atoms with Gasteiger partial charge in [0.25, 0.3) is 0 Å². The highest BCUT2D eigenvalue weighted by molar-refractivity contribution is 5.37. The summed E-state index contributed by atoms with van der Waals surface area (Å²) in [4.78, 5) is 0. The van der Waals surface area contributed by atoms with Crippen molar-refractivity contribution < 1.29 is 8.78 Å². The van der Waals surface area contributed by atoms with E-state index in [9.17, 15) is 8.78 Å². The molecule has 2 rings (SSSR count). The van der Waals surface area contributed by atoms with Gasteiger partial charge in [0, 0.05) is 30.9 Å². The fraction of sp³-hybridized carbons (Fsp3) is 0.308. The van der Waals surface area contributed by atoms with E-state index >= 15 is 0 Å². The van der Waals surface area contributed by atoms with Crippen LogP contribution in [0.25, 0.3) is 0 Å². The van der Waals surface area contributed by atoms with Gasteiger partial charge in [-0.1, -0.05) is 0 Å². The second-order valence-electron chi connectivity index (χ2n) is 4.12. The Morgan fingerprint density at radius 3 is 2.39 bits per heavy atom. The Morgan fingerprint density at radius 2 is 1.83 bits per heavy atom. The summed E-state index contributed by atoms with van der Waals surface area (Å²) in [7, 11) is 0. The minimum absolute atomic E-state index is 0.342. The molecule has 0 saturated carbocycles. The van der Waals surface area contributed by atoms with Crippen LogP contribution in [0.2, 0.25) is 0 Å². The van der Waals surface area contributed by atoms with Crippen LogP contribution in [0.4, 0.5) is 14.6 Å². The minimum atomic E-state index is -0.568. The monoisotopic (exact) mass is 251 g/mol. The number of nitrogens with one attached hydrogen (secondary N) is 1. The fourth-order valence-corrected chi connectivity index (χ4v) is 1.82. The molecule has 0 bridgehead atoms. The minimum Gasteiger partial charge on any atom is -0.365 e. The standard InChI is InChI=1S/C13H15F2N3/c1-3-18-9(2)4-13(17-18)16-8-10-5-11(14)7-12(15)6-10/h4-7H,3,8H2,1-2H3,(H,16,17). The first-order chi connectivity index (χ1) is 8.58. The molecule has 0 atom stereocenters. The molecule has 0 aliphatic heterocycles. The van der Waals surface area contributed by atoms with E-state index in [0.717, 1.165) is 18.3 Å². The summed E-state index contributed by atoms with van der Waals surface area (Å²) in [6.07, 6.45) is 0. The number of rotatable bonds is 4. The van der Waals surface area contributed by atoms with Gasteiger partial charge in [0.2, 0.25) is 0 Å². The summed E-state index contributed by atoms with van der Waals surface area (Å²) in [6.45, 7) is 5.10. The number of benzene rings is 1. The van der Waals surface area contributed by atoms with Gasteiger partial charge in [-0.15, -0.1) is 0 Å². The molecular formula is C13H15F2N3. The molecule has 0 amide bonds. The van der Waals surface area contributed by atoms with Gasteiger partial charge in [0.05, 0.1) is 0 Å². The lowest BCUT2D eigenvalue weighted by molar-refractivity contribution is 0.580. The molecule has 1 N–H and O–H groups in total. The molecule has 0 aliphatic rings. The largest absolute Gasteiger partial charge is 0.365 e. The Labute approximate surface area is 104 Å². The predicted molar refractivity (Wildman–Crippen MR) is 66.3 cm³/mol. The molecule has 0 saturated heterocycles. The molecule has 0 unspecified atom stereocenters. The molecule has 1 aromatic heterocycles. The van der Waals surface area contributed by atoms with Crippen molar-refractivity contribution >= 4 is 5.82 Å². The summed E-state index contributed by atoms with van der Waals surface area (Å²) in [6, 6.07) is 5.37. The van der Waals surface area contributed by atoms with Crippen molar-refractivity contribution in [2.45, 2.75) is 26.9 Å². The highest BCUT2D eigenvalue weighted by atomic mass is 19.1. The average Bonchev–Trinajstić information content (AvgIpc) is 2.66. The summed E-state index contributed by atoms with van der Waals surface area (Å²) in [5, 5.41) is 7.35. The Morgan fingerprint density at radius 1 is 1.17 bits per heavy atom. The predicted octanol–water partition coefficient (Wildman–Crippen LogP) is 3.10. The molecule has 0 aliphatic carbocycles. The topological polar surface area (TPSA) is 29.9 Å². The third-order valence-electron chi connectivity index (χ3n) is 2.68. The molecule has 2 aromatic rings. The summed E-state index contributed by atoms with van der Waals surface area (Å²) in [5.74, 6) is -0.428. The maximum atomic E-state index is 13.0. The summed E-state index contributed by atoms with van der Waals surface area (Å²) in [5.41, 5.74) is 1.60. The lowest BCUT2D eigenvalue weighted by atomic mass is 10.2. The first-order valence-electron chi connectivity index (χ1n) is 5.82. The van der Waals surface area contributed by atoms with Crippen molar-refractivity contribution in [3.05, 3.63) is 47.2 Å². The van der Waals surface area contributed by atoms with E-state index in [1.807, 2.05) is 24.6 Å². The van der Waals surface area contributed by atoms with Crippen LogP contribution in [0, 0.1) is 18.6 Å². The first kappa shape index (κ1) is 12.5. The van der Waals surface area contributed by atoms with Crippen LogP contribution in [0.1, 0.15) is 18.2 Å². The van der Waals surface area contributed by atoms with Crippen molar-refractivity contribution in [1.29, 1.82) is 0 Å². The molecule has 1 aromatic carbocycles. The molecule has 0 fully saturated rings. The lowest BCUT2D eigenvalue weighted by Gasteiger charge is -2.03. The molecule has 3 nitrogen and oxygen atoms in total. The van der Waals surface area contributed by atoms with E-state index in [-0.39, 0.29) is 0 Å². The smallest absolute Gasteiger partial charge is 0.148 e. The van der Waals surface area contributed by atoms with E-state index in [1.54, 1.807) is 0 Å². The zero-order chi connectivity index (χ0) is 13.1. The normalized spacial score (nSPS) is 10.7. The highest BCUT2D eigenvalue weighted by Crippen LogP contribution is 2.12. The number of nitrogens with zero attached hydrogens (tertiary/aromatic N) is 2. The molecule has 5 heteroatoms. The molecule has 18 heavy (non-hydrogen) atoms. The van der Waals surface area contributed by atoms with E-state index in [4.69, 9.17) is 0 Å². The van der Waals surface area contributed by atoms with Gasteiger partial charge >= 0.3 is 0 Å². The Balaban J connectivity index is 2.06. The van der Waals surface area contributed by atoms with E-state index in [0.29, 0.717) is 17.9 Å². The number of aryl methyl sites for hydroxylation is 2. The quantitative estimate of drug-likeness (QED) is 0.904. The van der Waals surface area contributed by atoms with E-state index in [2.05, 4.69) is 10.4 Å². The SMILES string of the molecule is CCn1nc(NCc2cc(F)cc(F)c2)cc1C. The van der Waals surface area contributed by atoms with Gasteiger partial charge in [0.15, 0.2) is 0 Å². The molecule has 1 heterocycles. The maximum absolute atomic E-state index is 13.0. The van der Waals surface area contributed by atoms with Crippen LogP contribution in [-0.2, 0) is 13.1 Å². The first-order valence-corrected chi connectivity index (χ1v) is 5.82. The van der Waals surface area contributed by atoms with E-state index < -0.39 is 11.6 Å². The number of hydrogen-bond acceptors (Lipinski definition) is 2. The summed E-state index contributed by atoms with van der Waals surface area (Å²) >= 11 is 0. The van der Waals surface area contributed by atoms with Gasteiger partial charge in [-0.3, -0.25) is 4.68 Å². The van der Waals surface area contributed by atoms with Crippen LogP contribution in [0.15, 0.2) is 24.3 Å². The van der Waals surface area contributed by atoms with Gasteiger partial charge in [-0.05, 0) is 31.5 Å². The van der Waals surface area contributed by atoms with Crippen LogP contribution in [-0.4, -0.2) is 9.78 Å². The van der Waals surface area contributed by atoms with Crippen molar-refractivity contribution in [3.63, 3.8) is 0 Å². The van der Waals surface area contributed by atoms with Crippen LogP contribution < -0.4 is 5.32 Å². The lowest BCUT2D eigenvalue weighted by Crippen LogP contribution is -2.03. The molecular weight excluding hydrogens is 236 g/mol. The summed E-state index contributed by atoms with van der Waals surface area (Å²) < 4.78 is 27.8. The third-order valence-corrected chi connectivity index (χ3v) is 2.68. The Kier molecular flexibility index (Phi) is 3.60. The van der Waals surface area contributed by atoms with Crippen molar-refractivity contribution in [1.82, 2.24) is 9.78 Å². The number of halogens is 2. The average molecular weight is 251 g/mol. The van der Waals surface area contributed by atoms with Gasteiger partial charge in [-0.25, -0.2) is 8.78 Å². The molecule has 0 radical (unpaired) electrons. The molecule has 0 spiro atoms. The van der Waals surface area contributed by atoms with Gasteiger partial charge in [-0.2, -0.15) is 5.10 Å². The number of anilines is 1. The third kappa shape index (κ3) is 2.85. The number of aromatic nitrogens is 2. The van der Waals surface area contributed by atoms with Crippen molar-refractivity contribution in [2.24, 2.45) is 0 Å². The second-order valence-corrected chi connectivity index (χ2v) is 4.12. The zero-order valence-electron chi connectivity index (χ0n) is 10.4. The van der Waals surface area contributed by atoms with Crippen LogP contribution >= 0.6 is 0 Å². The van der Waals surface area contributed by atoms with Gasteiger partial charge in [0.1, 0.15) is 17.5 Å². The second kappa shape index (κ2) is 5.16. The van der Waals surface area contributed by atoms with E-state index in [1.165, 1.54) is 12.1 Å². The van der Waals surface area contributed by atoms with Crippen molar-refractivity contribution in [2.75, 3.05) is 5.32 Å². The Hall–Kier alpha value is -1.91. The number of hydrogen-bond donors (Lipinski definition) is 1. The van der Waals surface area contributed by atoms with Crippen molar-refractivity contribution in [3.8, 4) is 0 Å². The Bertz CT molecular complexity index is 529. The maximum Gasteiger partial charge on any atom is 0.148 e. The molecule has 96 valence electrons. The van der Waals surface area contributed by atoms with Gasteiger partial charge < -0.3 is 5.32 Å². The zero-order valence-corrected chi connectivity index (χ0v) is 10.4. The highest BCUT2D eigenvalue weighted by Gasteiger charge is 2.04.